The second kappa shape index (κ2) is 10.3. The molecule has 0 aliphatic heterocycles. The van der Waals surface area contributed by atoms with Crippen LogP contribution < -0.4 is 11.2 Å². The zero-order valence-electron chi connectivity index (χ0n) is 18.4. The van der Waals surface area contributed by atoms with Gasteiger partial charge in [-0.2, -0.15) is 0 Å². The van der Waals surface area contributed by atoms with Gasteiger partial charge in [-0.05, 0) is 74.9 Å². The van der Waals surface area contributed by atoms with Gasteiger partial charge in [0.1, 0.15) is 5.75 Å². The lowest BCUT2D eigenvalue weighted by molar-refractivity contribution is -0.137. The molecular weight excluding hydrogens is 378 g/mol. The second-order valence-corrected chi connectivity index (χ2v) is 8.40. The lowest BCUT2D eigenvalue weighted by Crippen LogP contribution is -2.57. The molecule has 0 spiro atoms. The van der Waals surface area contributed by atoms with Gasteiger partial charge in [-0.3, -0.25) is 14.6 Å². The van der Waals surface area contributed by atoms with Crippen LogP contribution in [0.3, 0.4) is 0 Å². The van der Waals surface area contributed by atoms with Gasteiger partial charge < -0.3 is 10.4 Å². The number of nitrogens with zero attached hydrogens (tertiary/aromatic N) is 1. The lowest BCUT2D eigenvalue weighted by atomic mass is 9.97. The topological polar surface area (TPSA) is 95.7 Å². The molecule has 2 aromatic rings. The van der Waals surface area contributed by atoms with E-state index in [1.807, 2.05) is 58.0 Å². The highest BCUT2D eigenvalue weighted by molar-refractivity contribution is 5.78. The molecule has 4 N–H and O–H groups in total. The number of phenols is 1. The molecule has 0 aliphatic carbocycles. The number of hydrogen-bond acceptors (Lipinski definition) is 4. The van der Waals surface area contributed by atoms with E-state index in [0.29, 0.717) is 19.3 Å². The molecule has 0 heterocycles. The summed E-state index contributed by atoms with van der Waals surface area (Å²) in [6.45, 7) is 7.78. The molecule has 0 aromatic heterocycles. The van der Waals surface area contributed by atoms with Crippen molar-refractivity contribution in [3.63, 3.8) is 0 Å². The molecule has 162 valence electrons. The van der Waals surface area contributed by atoms with Crippen LogP contribution in [0.1, 0.15) is 48.9 Å². The molecule has 2 amide bonds. The first kappa shape index (κ1) is 23.4. The van der Waals surface area contributed by atoms with Crippen molar-refractivity contribution >= 4 is 11.8 Å². The minimum Gasteiger partial charge on any atom is -0.508 e. The number of benzene rings is 2. The Bertz CT molecular complexity index is 856. The zero-order valence-corrected chi connectivity index (χ0v) is 18.4. The van der Waals surface area contributed by atoms with Crippen molar-refractivity contribution in [1.82, 2.24) is 10.3 Å². The molecule has 6 heteroatoms. The summed E-state index contributed by atoms with van der Waals surface area (Å²) < 4.78 is 0. The fraction of sp³-hybridized carbons (Fsp3) is 0.417. The van der Waals surface area contributed by atoms with Gasteiger partial charge in [0.25, 0.3) is 0 Å². The number of nitrogens with two attached hydrogens (primary N) is 1. The van der Waals surface area contributed by atoms with Gasteiger partial charge in [0.05, 0.1) is 5.54 Å². The normalized spacial score (nSPS) is 11.2. The van der Waals surface area contributed by atoms with Gasteiger partial charge in [-0.1, -0.05) is 30.3 Å². The van der Waals surface area contributed by atoms with Gasteiger partial charge in [0.2, 0.25) is 11.8 Å². The lowest BCUT2D eigenvalue weighted by Gasteiger charge is -2.35. The Hall–Kier alpha value is -2.86. The summed E-state index contributed by atoms with van der Waals surface area (Å²) in [5, 5.41) is 13.8. The Balaban J connectivity index is 1.84. The van der Waals surface area contributed by atoms with Crippen LogP contribution in [0.4, 0.5) is 0 Å². The first-order valence-corrected chi connectivity index (χ1v) is 10.3. The molecule has 0 saturated heterocycles. The molecule has 0 unspecified atom stereocenters. The van der Waals surface area contributed by atoms with E-state index >= 15 is 0 Å². The quantitative estimate of drug-likeness (QED) is 0.335. The van der Waals surface area contributed by atoms with Crippen LogP contribution in [0.2, 0.25) is 0 Å². The maximum Gasteiger partial charge on any atom is 0.237 e. The van der Waals surface area contributed by atoms with Crippen LogP contribution in [-0.4, -0.2) is 34.0 Å². The average Bonchev–Trinajstić information content (AvgIpc) is 2.70. The summed E-state index contributed by atoms with van der Waals surface area (Å²) in [6.07, 6.45) is 1.86. The molecule has 0 bridgehead atoms. The van der Waals surface area contributed by atoms with Crippen molar-refractivity contribution in [3.05, 3.63) is 64.7 Å². The third-order valence-corrected chi connectivity index (χ3v) is 5.39. The van der Waals surface area contributed by atoms with Gasteiger partial charge in [-0.25, -0.2) is 5.84 Å². The highest BCUT2D eigenvalue weighted by Gasteiger charge is 2.29. The first-order chi connectivity index (χ1) is 14.1. The fourth-order valence-electron chi connectivity index (χ4n) is 3.45. The minimum absolute atomic E-state index is 0.0666. The molecule has 30 heavy (non-hydrogen) atoms. The molecule has 0 saturated carbocycles. The van der Waals surface area contributed by atoms with Crippen molar-refractivity contribution in [3.8, 4) is 5.75 Å². The second-order valence-electron chi connectivity index (χ2n) is 8.40. The third kappa shape index (κ3) is 6.59. The van der Waals surface area contributed by atoms with E-state index in [1.165, 1.54) is 5.01 Å². The summed E-state index contributed by atoms with van der Waals surface area (Å²) in [5.41, 5.74) is 3.35. The number of carbonyl (C=O) groups excluding carboxylic acids is 2. The number of amides is 2. The molecule has 6 nitrogen and oxygen atoms in total. The predicted octanol–water partition coefficient (Wildman–Crippen LogP) is 3.17. The minimum atomic E-state index is -0.710. The van der Waals surface area contributed by atoms with E-state index in [9.17, 15) is 14.7 Å². The summed E-state index contributed by atoms with van der Waals surface area (Å²) >= 11 is 0. The van der Waals surface area contributed by atoms with E-state index in [1.54, 1.807) is 12.1 Å². The number of aryl methyl sites for hydroxylation is 3. The smallest absolute Gasteiger partial charge is 0.237 e. The van der Waals surface area contributed by atoms with Crippen LogP contribution in [0.15, 0.2) is 42.5 Å². The molecule has 0 aliphatic rings. The number of aromatic hydroxyl groups is 1. The van der Waals surface area contributed by atoms with Crippen LogP contribution >= 0.6 is 0 Å². The molecule has 0 fully saturated rings. The van der Waals surface area contributed by atoms with Crippen molar-refractivity contribution in [1.29, 1.82) is 0 Å². The van der Waals surface area contributed by atoms with Gasteiger partial charge in [0, 0.05) is 19.4 Å². The number of hydrazine groups is 1. The van der Waals surface area contributed by atoms with E-state index < -0.39 is 5.54 Å². The highest BCUT2D eigenvalue weighted by Crippen LogP contribution is 2.22. The molecule has 2 aromatic carbocycles. The van der Waals surface area contributed by atoms with Gasteiger partial charge >= 0.3 is 0 Å². The number of rotatable bonds is 9. The maximum atomic E-state index is 12.6. The van der Waals surface area contributed by atoms with Crippen LogP contribution in [0.25, 0.3) is 0 Å². The standard InChI is InChI=1S/C24H33N3O3/c1-17-14-20(28)15-18(2)21(17)11-13-23(30)27(25)24(3,4)16-26-22(29)12-10-19-8-6-5-7-9-19/h5-9,14-15,28H,10-13,16,25H2,1-4H3,(H,26,29). The Morgan fingerprint density at radius 1 is 1.03 bits per heavy atom. The number of hydrogen-bond donors (Lipinski definition) is 3. The maximum absolute atomic E-state index is 12.6. The molecular formula is C24H33N3O3. The van der Waals surface area contributed by atoms with Crippen LogP contribution in [0, 0.1) is 13.8 Å². The first-order valence-electron chi connectivity index (χ1n) is 10.3. The number of carbonyl (C=O) groups is 2. The summed E-state index contributed by atoms with van der Waals surface area (Å²) in [5.74, 6) is 6.07. The largest absolute Gasteiger partial charge is 0.508 e. The van der Waals surface area contributed by atoms with E-state index in [0.717, 1.165) is 22.3 Å². The van der Waals surface area contributed by atoms with Gasteiger partial charge in [-0.15, -0.1) is 0 Å². The van der Waals surface area contributed by atoms with Crippen LogP contribution in [0.5, 0.6) is 5.75 Å². The Morgan fingerprint density at radius 3 is 2.23 bits per heavy atom. The molecule has 0 radical (unpaired) electrons. The molecule has 2 rings (SSSR count). The van der Waals surface area contributed by atoms with E-state index in [-0.39, 0.29) is 30.5 Å². The average molecular weight is 412 g/mol. The van der Waals surface area contributed by atoms with E-state index in [2.05, 4.69) is 5.32 Å². The van der Waals surface area contributed by atoms with E-state index in [4.69, 9.17) is 5.84 Å². The van der Waals surface area contributed by atoms with Crippen molar-refractivity contribution < 1.29 is 14.7 Å². The third-order valence-electron chi connectivity index (χ3n) is 5.39. The van der Waals surface area contributed by atoms with Crippen molar-refractivity contribution in [2.75, 3.05) is 6.54 Å². The number of nitrogens with one attached hydrogen (secondary N) is 1. The van der Waals surface area contributed by atoms with Crippen molar-refractivity contribution in [2.45, 2.75) is 58.9 Å². The Kier molecular flexibility index (Phi) is 8.00. The predicted molar refractivity (Wildman–Crippen MR) is 119 cm³/mol. The van der Waals surface area contributed by atoms with Crippen molar-refractivity contribution in [2.24, 2.45) is 5.84 Å². The zero-order chi connectivity index (χ0) is 22.3. The monoisotopic (exact) mass is 411 g/mol. The molecule has 0 atom stereocenters. The SMILES string of the molecule is Cc1cc(O)cc(C)c1CCC(=O)N(N)C(C)(C)CNC(=O)CCc1ccccc1. The Labute approximate surface area is 179 Å². The number of phenolic OH excluding ortho intramolecular Hbond substituents is 1. The summed E-state index contributed by atoms with van der Waals surface area (Å²) in [4.78, 5) is 24.8. The van der Waals surface area contributed by atoms with Crippen LogP contribution in [-0.2, 0) is 22.4 Å². The fourth-order valence-corrected chi connectivity index (χ4v) is 3.45. The van der Waals surface area contributed by atoms with Gasteiger partial charge in [0.15, 0.2) is 0 Å². The summed E-state index contributed by atoms with van der Waals surface area (Å²) in [7, 11) is 0. The Morgan fingerprint density at radius 2 is 1.63 bits per heavy atom. The summed E-state index contributed by atoms with van der Waals surface area (Å²) in [6, 6.07) is 13.2. The highest BCUT2D eigenvalue weighted by atomic mass is 16.3.